The summed E-state index contributed by atoms with van der Waals surface area (Å²) in [6.45, 7) is 7.10. The first-order chi connectivity index (χ1) is 14.1. The molecule has 1 aromatic heterocycles. The molecular formula is C22H31IN4O3. The van der Waals surface area contributed by atoms with Gasteiger partial charge >= 0.3 is 0 Å². The SMILES string of the molecule is CCNC(=NCc1ccc(Oc2ccc(OC)cc2)nc1)NCC1(C)CCCO1.I. The lowest BCUT2D eigenvalue weighted by Gasteiger charge is -2.24. The molecule has 1 atom stereocenters. The lowest BCUT2D eigenvalue weighted by atomic mass is 10.0. The Kier molecular flexibility index (Phi) is 9.64. The van der Waals surface area contributed by atoms with Gasteiger partial charge in [0.2, 0.25) is 5.88 Å². The van der Waals surface area contributed by atoms with E-state index < -0.39 is 0 Å². The van der Waals surface area contributed by atoms with Crippen molar-refractivity contribution in [2.75, 3.05) is 26.8 Å². The first kappa shape index (κ1) is 24.2. The third-order valence-electron chi connectivity index (χ3n) is 4.77. The van der Waals surface area contributed by atoms with E-state index in [2.05, 4.69) is 34.5 Å². The average molecular weight is 526 g/mol. The first-order valence-electron chi connectivity index (χ1n) is 10.0. The van der Waals surface area contributed by atoms with E-state index in [0.29, 0.717) is 18.2 Å². The van der Waals surface area contributed by atoms with Gasteiger partial charge in [0.15, 0.2) is 5.96 Å². The average Bonchev–Trinajstić information content (AvgIpc) is 3.18. The summed E-state index contributed by atoms with van der Waals surface area (Å²) in [6.07, 6.45) is 3.97. The summed E-state index contributed by atoms with van der Waals surface area (Å²) in [5, 5.41) is 6.66. The van der Waals surface area contributed by atoms with Crippen LogP contribution in [0.2, 0.25) is 0 Å². The number of halogens is 1. The second-order valence-corrected chi connectivity index (χ2v) is 7.23. The number of rotatable bonds is 8. The highest BCUT2D eigenvalue weighted by atomic mass is 127. The molecule has 7 nitrogen and oxygen atoms in total. The lowest BCUT2D eigenvalue weighted by Crippen LogP contribution is -2.45. The normalized spacial score (nSPS) is 18.4. The van der Waals surface area contributed by atoms with Gasteiger partial charge in [0, 0.05) is 32.0 Å². The Morgan fingerprint density at radius 2 is 1.93 bits per heavy atom. The van der Waals surface area contributed by atoms with E-state index in [1.165, 1.54) is 0 Å². The molecule has 2 aromatic rings. The van der Waals surface area contributed by atoms with Crippen LogP contribution in [0.4, 0.5) is 0 Å². The fourth-order valence-corrected chi connectivity index (χ4v) is 3.09. The van der Waals surface area contributed by atoms with Crippen LogP contribution in [0.25, 0.3) is 0 Å². The maximum absolute atomic E-state index is 5.83. The van der Waals surface area contributed by atoms with E-state index in [-0.39, 0.29) is 29.6 Å². The molecule has 2 N–H and O–H groups in total. The van der Waals surface area contributed by atoms with Crippen LogP contribution in [-0.4, -0.2) is 43.4 Å². The van der Waals surface area contributed by atoms with Gasteiger partial charge in [0.05, 0.1) is 19.3 Å². The van der Waals surface area contributed by atoms with E-state index in [4.69, 9.17) is 14.2 Å². The Hall–Kier alpha value is -2.07. The number of nitrogens with one attached hydrogen (secondary N) is 2. The lowest BCUT2D eigenvalue weighted by molar-refractivity contribution is 0.0243. The molecule has 1 aliphatic heterocycles. The van der Waals surface area contributed by atoms with E-state index in [1.54, 1.807) is 13.3 Å². The van der Waals surface area contributed by atoms with Gasteiger partial charge in [-0.25, -0.2) is 9.98 Å². The summed E-state index contributed by atoms with van der Waals surface area (Å²) in [4.78, 5) is 9.03. The third-order valence-corrected chi connectivity index (χ3v) is 4.77. The minimum Gasteiger partial charge on any atom is -0.497 e. The molecule has 30 heavy (non-hydrogen) atoms. The second kappa shape index (κ2) is 11.9. The molecular weight excluding hydrogens is 495 g/mol. The van der Waals surface area contributed by atoms with Crippen molar-refractivity contribution in [2.24, 2.45) is 4.99 Å². The first-order valence-corrected chi connectivity index (χ1v) is 10.0. The number of nitrogens with zero attached hydrogens (tertiary/aromatic N) is 2. The molecule has 1 aromatic carbocycles. The summed E-state index contributed by atoms with van der Waals surface area (Å²) < 4.78 is 16.7. The number of guanidine groups is 1. The topological polar surface area (TPSA) is 77.0 Å². The smallest absolute Gasteiger partial charge is 0.219 e. The predicted molar refractivity (Wildman–Crippen MR) is 129 cm³/mol. The molecule has 0 aliphatic carbocycles. The number of hydrogen-bond acceptors (Lipinski definition) is 5. The van der Waals surface area contributed by atoms with E-state index in [9.17, 15) is 0 Å². The highest BCUT2D eigenvalue weighted by molar-refractivity contribution is 14.0. The third kappa shape index (κ3) is 7.32. The van der Waals surface area contributed by atoms with E-state index >= 15 is 0 Å². The molecule has 8 heteroatoms. The molecule has 1 saturated heterocycles. The Morgan fingerprint density at radius 3 is 2.53 bits per heavy atom. The van der Waals surface area contributed by atoms with Crippen LogP contribution in [0, 0.1) is 0 Å². The van der Waals surface area contributed by atoms with Crippen LogP contribution in [0.3, 0.4) is 0 Å². The van der Waals surface area contributed by atoms with Gasteiger partial charge in [-0.05, 0) is 56.5 Å². The van der Waals surface area contributed by atoms with Crippen molar-refractivity contribution in [3.05, 3.63) is 48.2 Å². The molecule has 164 valence electrons. The molecule has 0 radical (unpaired) electrons. The van der Waals surface area contributed by atoms with Gasteiger partial charge < -0.3 is 24.8 Å². The molecule has 0 amide bonds. The standard InChI is InChI=1S/C22H30N4O3.HI/c1-4-23-21(26-16-22(2)12-5-13-28-22)25-15-17-6-11-20(24-14-17)29-19-9-7-18(27-3)8-10-19;/h6-11,14H,4-5,12-13,15-16H2,1-3H3,(H2,23,25,26);1H. The van der Waals surface area contributed by atoms with Crippen molar-refractivity contribution in [3.63, 3.8) is 0 Å². The van der Waals surface area contributed by atoms with Crippen molar-refractivity contribution in [2.45, 2.75) is 38.8 Å². The van der Waals surface area contributed by atoms with E-state index in [1.807, 2.05) is 36.4 Å². The van der Waals surface area contributed by atoms with Crippen LogP contribution in [0.1, 0.15) is 32.3 Å². The van der Waals surface area contributed by atoms with Crippen molar-refractivity contribution < 1.29 is 14.2 Å². The Morgan fingerprint density at radius 1 is 1.17 bits per heavy atom. The maximum atomic E-state index is 5.83. The zero-order chi connectivity index (χ0) is 20.5. The predicted octanol–water partition coefficient (Wildman–Crippen LogP) is 4.12. The van der Waals surface area contributed by atoms with Crippen molar-refractivity contribution in [1.29, 1.82) is 0 Å². The highest BCUT2D eigenvalue weighted by Gasteiger charge is 2.29. The number of ether oxygens (including phenoxy) is 3. The number of benzene rings is 1. The quantitative estimate of drug-likeness (QED) is 0.306. The largest absolute Gasteiger partial charge is 0.497 e. The van der Waals surface area contributed by atoms with Gasteiger partial charge in [-0.3, -0.25) is 0 Å². The zero-order valence-electron chi connectivity index (χ0n) is 17.8. The molecule has 1 aliphatic rings. The number of aromatic nitrogens is 1. The van der Waals surface area contributed by atoms with Gasteiger partial charge in [0.25, 0.3) is 0 Å². The second-order valence-electron chi connectivity index (χ2n) is 7.23. The maximum Gasteiger partial charge on any atom is 0.219 e. The van der Waals surface area contributed by atoms with Crippen LogP contribution >= 0.6 is 24.0 Å². The summed E-state index contributed by atoms with van der Waals surface area (Å²) >= 11 is 0. The van der Waals surface area contributed by atoms with Gasteiger partial charge in [-0.15, -0.1) is 24.0 Å². The monoisotopic (exact) mass is 526 g/mol. The Labute approximate surface area is 195 Å². The molecule has 1 unspecified atom stereocenters. The number of methoxy groups -OCH3 is 1. The Bertz CT molecular complexity index is 791. The molecule has 0 bridgehead atoms. The minimum absolute atomic E-state index is 0. The van der Waals surface area contributed by atoms with Crippen LogP contribution in [0.5, 0.6) is 17.4 Å². The van der Waals surface area contributed by atoms with Gasteiger partial charge in [-0.1, -0.05) is 6.07 Å². The summed E-state index contributed by atoms with van der Waals surface area (Å²) in [7, 11) is 1.64. The Balaban J connectivity index is 0.00000320. The van der Waals surface area contributed by atoms with Crippen molar-refractivity contribution in [1.82, 2.24) is 15.6 Å². The molecule has 0 spiro atoms. The van der Waals surface area contributed by atoms with Crippen LogP contribution < -0.4 is 20.1 Å². The minimum atomic E-state index is -0.113. The molecule has 3 rings (SSSR count). The van der Waals surface area contributed by atoms with Crippen LogP contribution in [-0.2, 0) is 11.3 Å². The van der Waals surface area contributed by atoms with Gasteiger partial charge in [-0.2, -0.15) is 0 Å². The summed E-state index contributed by atoms with van der Waals surface area (Å²) in [5.41, 5.74) is 0.894. The molecule has 0 saturated carbocycles. The molecule has 1 fully saturated rings. The fraction of sp³-hybridized carbons (Fsp3) is 0.455. The number of pyridine rings is 1. The number of aliphatic imine (C=N–C) groups is 1. The van der Waals surface area contributed by atoms with Crippen LogP contribution in [0.15, 0.2) is 47.6 Å². The fourth-order valence-electron chi connectivity index (χ4n) is 3.09. The highest BCUT2D eigenvalue weighted by Crippen LogP contribution is 2.24. The van der Waals surface area contributed by atoms with Crippen molar-refractivity contribution in [3.8, 4) is 17.4 Å². The number of hydrogen-bond donors (Lipinski definition) is 2. The zero-order valence-corrected chi connectivity index (χ0v) is 20.1. The molecule has 2 heterocycles. The van der Waals surface area contributed by atoms with E-state index in [0.717, 1.165) is 49.8 Å². The van der Waals surface area contributed by atoms with Gasteiger partial charge in [0.1, 0.15) is 11.5 Å². The summed E-state index contributed by atoms with van der Waals surface area (Å²) in [6, 6.07) is 11.2. The van der Waals surface area contributed by atoms with Crippen molar-refractivity contribution >= 4 is 29.9 Å². The summed E-state index contributed by atoms with van der Waals surface area (Å²) in [5.74, 6) is 2.82.